The van der Waals surface area contributed by atoms with Crippen LogP contribution in [0.25, 0.3) is 0 Å². The number of pyridine rings is 1. The molecule has 1 fully saturated rings. The Kier molecular flexibility index (Phi) is 6.48. The van der Waals surface area contributed by atoms with Crippen molar-refractivity contribution in [2.45, 2.75) is 17.7 Å². The summed E-state index contributed by atoms with van der Waals surface area (Å²) in [5.74, 6) is 0.294. The predicted molar refractivity (Wildman–Crippen MR) is 107 cm³/mol. The normalized spacial score (nSPS) is 15.2. The molecule has 1 aliphatic rings. The van der Waals surface area contributed by atoms with Gasteiger partial charge in [0.1, 0.15) is 0 Å². The van der Waals surface area contributed by atoms with Crippen LogP contribution in [0, 0.1) is 5.92 Å². The van der Waals surface area contributed by atoms with Crippen LogP contribution in [-0.2, 0) is 14.8 Å². The van der Waals surface area contributed by atoms with Crippen molar-refractivity contribution in [3.05, 3.63) is 48.8 Å². The van der Waals surface area contributed by atoms with Gasteiger partial charge in [0.15, 0.2) is 0 Å². The maximum Gasteiger partial charge on any atom is 0.411 e. The second-order valence-corrected chi connectivity index (χ2v) is 8.40. The smallest absolute Gasteiger partial charge is 0.411 e. The number of sulfonamides is 1. The fourth-order valence-corrected chi connectivity index (χ4v) is 4.25. The number of carbonyl (C=O) groups excluding carboxylic acids is 1. The summed E-state index contributed by atoms with van der Waals surface area (Å²) in [6.07, 6.45) is 4.83. The number of ether oxygens (including phenoxy) is 1. The lowest BCUT2D eigenvalue weighted by Crippen LogP contribution is -2.38. The van der Waals surface area contributed by atoms with E-state index in [-0.39, 0.29) is 4.90 Å². The second-order valence-electron chi connectivity index (χ2n) is 6.63. The van der Waals surface area contributed by atoms with E-state index in [1.807, 2.05) is 18.3 Å². The first-order valence-corrected chi connectivity index (χ1v) is 10.6. The number of nitrogens with one attached hydrogen (secondary N) is 2. The Labute approximate surface area is 165 Å². The first-order chi connectivity index (χ1) is 13.5. The number of piperidine rings is 1. The predicted octanol–water partition coefficient (Wildman–Crippen LogP) is 2.45. The highest BCUT2D eigenvalue weighted by Gasteiger charge is 2.22. The van der Waals surface area contributed by atoms with Crippen molar-refractivity contribution in [2.75, 3.05) is 37.0 Å². The van der Waals surface area contributed by atoms with Gasteiger partial charge >= 0.3 is 6.09 Å². The lowest BCUT2D eigenvalue weighted by molar-refractivity contribution is 0.187. The fraction of sp³-hybridized carbons (Fsp3) is 0.368. The van der Waals surface area contributed by atoms with Gasteiger partial charge in [0.25, 0.3) is 0 Å². The third kappa shape index (κ3) is 5.20. The molecule has 0 unspecified atom stereocenters. The topological polar surface area (TPSA) is 101 Å². The summed E-state index contributed by atoms with van der Waals surface area (Å²) in [6.45, 7) is 2.17. The van der Waals surface area contributed by atoms with E-state index in [0.717, 1.165) is 31.6 Å². The molecule has 3 rings (SSSR count). The zero-order chi connectivity index (χ0) is 20.0. The SMILES string of the molecule is COC(=O)Nc1ccc(S(=O)(=O)NCC2CCN(c3cccnc3)CC2)cc1. The molecule has 0 spiro atoms. The van der Waals surface area contributed by atoms with Crippen molar-refractivity contribution in [3.63, 3.8) is 0 Å². The van der Waals surface area contributed by atoms with Crippen molar-refractivity contribution in [1.82, 2.24) is 9.71 Å². The second kappa shape index (κ2) is 9.03. The molecule has 1 aliphatic heterocycles. The Morgan fingerprint density at radius 3 is 2.54 bits per heavy atom. The average molecular weight is 404 g/mol. The lowest BCUT2D eigenvalue weighted by Gasteiger charge is -2.33. The summed E-state index contributed by atoms with van der Waals surface area (Å²) in [4.78, 5) is 17.8. The molecule has 0 atom stereocenters. The Hall–Kier alpha value is -2.65. The lowest BCUT2D eigenvalue weighted by atomic mass is 9.97. The van der Waals surface area contributed by atoms with Crippen LogP contribution in [-0.4, -0.2) is 46.2 Å². The van der Waals surface area contributed by atoms with Crippen LogP contribution >= 0.6 is 0 Å². The fourth-order valence-electron chi connectivity index (χ4n) is 3.13. The van der Waals surface area contributed by atoms with Gasteiger partial charge < -0.3 is 9.64 Å². The van der Waals surface area contributed by atoms with Crippen molar-refractivity contribution >= 4 is 27.5 Å². The van der Waals surface area contributed by atoms with Crippen LogP contribution < -0.4 is 14.9 Å². The minimum atomic E-state index is -3.59. The van der Waals surface area contributed by atoms with E-state index in [9.17, 15) is 13.2 Å². The summed E-state index contributed by atoms with van der Waals surface area (Å²) in [7, 11) is -2.33. The van der Waals surface area contributed by atoms with Gasteiger partial charge in [-0.05, 0) is 55.2 Å². The van der Waals surface area contributed by atoms with Gasteiger partial charge in [-0.25, -0.2) is 17.9 Å². The molecule has 0 bridgehead atoms. The Bertz CT molecular complexity index is 880. The third-order valence-electron chi connectivity index (χ3n) is 4.78. The van der Waals surface area contributed by atoms with Crippen LogP contribution in [0.15, 0.2) is 53.7 Å². The molecule has 2 N–H and O–H groups in total. The highest BCUT2D eigenvalue weighted by atomic mass is 32.2. The molecule has 150 valence electrons. The third-order valence-corrected chi connectivity index (χ3v) is 6.22. The molecular weight excluding hydrogens is 380 g/mol. The van der Waals surface area contributed by atoms with Crippen LogP contribution in [0.3, 0.4) is 0 Å². The van der Waals surface area contributed by atoms with E-state index in [1.165, 1.54) is 31.4 Å². The van der Waals surface area contributed by atoms with Crippen molar-refractivity contribution in [1.29, 1.82) is 0 Å². The quantitative estimate of drug-likeness (QED) is 0.767. The molecule has 2 heterocycles. The molecule has 1 amide bonds. The monoisotopic (exact) mass is 404 g/mol. The van der Waals surface area contributed by atoms with E-state index in [4.69, 9.17) is 0 Å². The maximum atomic E-state index is 12.5. The Morgan fingerprint density at radius 1 is 1.21 bits per heavy atom. The van der Waals surface area contributed by atoms with Gasteiger partial charge in [-0.1, -0.05) is 0 Å². The number of amides is 1. The molecule has 8 nitrogen and oxygen atoms in total. The van der Waals surface area contributed by atoms with E-state index in [2.05, 4.69) is 24.7 Å². The number of hydrogen-bond acceptors (Lipinski definition) is 6. The van der Waals surface area contributed by atoms with E-state index in [0.29, 0.717) is 18.2 Å². The summed E-state index contributed by atoms with van der Waals surface area (Å²) in [5.41, 5.74) is 1.57. The van der Waals surface area contributed by atoms with Crippen LogP contribution in [0.5, 0.6) is 0 Å². The largest absolute Gasteiger partial charge is 0.453 e. The number of methoxy groups -OCH3 is 1. The van der Waals surface area contributed by atoms with Crippen LogP contribution in [0.4, 0.5) is 16.2 Å². The van der Waals surface area contributed by atoms with Gasteiger partial charge in [0.05, 0.1) is 23.9 Å². The zero-order valence-electron chi connectivity index (χ0n) is 15.7. The number of benzene rings is 1. The van der Waals surface area contributed by atoms with Crippen molar-refractivity contribution < 1.29 is 17.9 Å². The number of aromatic nitrogens is 1. The van der Waals surface area contributed by atoms with Gasteiger partial charge in [-0.3, -0.25) is 10.3 Å². The Balaban J connectivity index is 1.51. The molecule has 28 heavy (non-hydrogen) atoms. The van der Waals surface area contributed by atoms with Gasteiger partial charge in [0.2, 0.25) is 10.0 Å². The van der Waals surface area contributed by atoms with E-state index >= 15 is 0 Å². The van der Waals surface area contributed by atoms with E-state index < -0.39 is 16.1 Å². The summed E-state index contributed by atoms with van der Waals surface area (Å²) < 4.78 is 32.2. The number of nitrogens with zero attached hydrogens (tertiary/aromatic N) is 2. The molecule has 0 saturated carbocycles. The average Bonchev–Trinajstić information content (AvgIpc) is 2.73. The standard InChI is InChI=1S/C19H24N4O4S/c1-27-19(24)22-16-4-6-18(7-5-16)28(25,26)21-13-15-8-11-23(12-9-15)17-3-2-10-20-14-17/h2-7,10,14-15,21H,8-9,11-13H2,1H3,(H,22,24). The van der Waals surface area contributed by atoms with Crippen molar-refractivity contribution in [3.8, 4) is 0 Å². The van der Waals surface area contributed by atoms with Crippen molar-refractivity contribution in [2.24, 2.45) is 5.92 Å². The number of carbonyl (C=O) groups is 1. The Morgan fingerprint density at radius 2 is 1.93 bits per heavy atom. The van der Waals surface area contributed by atoms with Crippen LogP contribution in [0.2, 0.25) is 0 Å². The van der Waals surface area contributed by atoms with Gasteiger partial charge in [-0.2, -0.15) is 0 Å². The number of anilines is 2. The van der Waals surface area contributed by atoms with Gasteiger partial charge in [-0.15, -0.1) is 0 Å². The minimum absolute atomic E-state index is 0.163. The molecule has 9 heteroatoms. The minimum Gasteiger partial charge on any atom is -0.453 e. The number of rotatable bonds is 6. The molecule has 1 saturated heterocycles. The zero-order valence-corrected chi connectivity index (χ0v) is 16.5. The molecule has 1 aromatic heterocycles. The highest BCUT2D eigenvalue weighted by molar-refractivity contribution is 7.89. The maximum absolute atomic E-state index is 12.5. The summed E-state index contributed by atoms with van der Waals surface area (Å²) >= 11 is 0. The first kappa shape index (κ1) is 20.1. The molecular formula is C19H24N4O4S. The van der Waals surface area contributed by atoms with Crippen LogP contribution in [0.1, 0.15) is 12.8 Å². The summed E-state index contributed by atoms with van der Waals surface area (Å²) in [6, 6.07) is 9.92. The molecule has 0 aliphatic carbocycles. The molecule has 2 aromatic rings. The molecule has 1 aromatic carbocycles. The highest BCUT2D eigenvalue weighted by Crippen LogP contribution is 2.22. The van der Waals surface area contributed by atoms with E-state index in [1.54, 1.807) is 6.20 Å². The summed E-state index contributed by atoms with van der Waals surface area (Å²) in [5, 5.41) is 2.49. The molecule has 0 radical (unpaired) electrons. The number of hydrogen-bond donors (Lipinski definition) is 2. The first-order valence-electron chi connectivity index (χ1n) is 9.07. The van der Waals surface area contributed by atoms with Gasteiger partial charge in [0, 0.05) is 31.5 Å².